The SMILES string of the molecule is Cc1nccn1Cc1ccc(-c2cc(CC(C)C)sc2S(=O)(=O)NC(=O)C(C)(C)C)cc1F. The Bertz CT molecular complexity index is 1270. The van der Waals surface area contributed by atoms with Gasteiger partial charge in [-0.2, -0.15) is 0 Å². The fourth-order valence-corrected chi connectivity index (χ4v) is 6.36. The summed E-state index contributed by atoms with van der Waals surface area (Å²) in [5.41, 5.74) is 0.454. The fourth-order valence-electron chi connectivity index (χ4n) is 3.25. The first-order valence-electron chi connectivity index (χ1n) is 10.7. The molecule has 0 bridgehead atoms. The van der Waals surface area contributed by atoms with Crippen LogP contribution >= 0.6 is 11.3 Å². The van der Waals surface area contributed by atoms with Gasteiger partial charge < -0.3 is 4.57 Å². The third kappa shape index (κ3) is 5.89. The first-order chi connectivity index (χ1) is 15.3. The average Bonchev–Trinajstić information content (AvgIpc) is 3.28. The van der Waals surface area contributed by atoms with Crippen LogP contribution in [0.15, 0.2) is 40.9 Å². The summed E-state index contributed by atoms with van der Waals surface area (Å²) in [6, 6.07) is 6.52. The van der Waals surface area contributed by atoms with Gasteiger partial charge in [0.2, 0.25) is 5.91 Å². The van der Waals surface area contributed by atoms with Gasteiger partial charge in [-0.05, 0) is 37.0 Å². The maximum atomic E-state index is 15.0. The molecule has 0 spiro atoms. The molecule has 0 radical (unpaired) electrons. The number of imidazole rings is 1. The van der Waals surface area contributed by atoms with Crippen LogP contribution in [0, 0.1) is 24.1 Å². The molecule has 0 atom stereocenters. The van der Waals surface area contributed by atoms with Crippen molar-refractivity contribution in [3.63, 3.8) is 0 Å². The monoisotopic (exact) mass is 491 g/mol. The zero-order chi connectivity index (χ0) is 24.6. The maximum absolute atomic E-state index is 15.0. The highest BCUT2D eigenvalue weighted by molar-refractivity contribution is 7.92. The molecule has 3 aromatic rings. The normalized spacial score (nSPS) is 12.4. The first kappa shape index (κ1) is 25.1. The van der Waals surface area contributed by atoms with Crippen molar-refractivity contribution >= 4 is 27.3 Å². The van der Waals surface area contributed by atoms with E-state index < -0.39 is 27.2 Å². The van der Waals surface area contributed by atoms with Crippen LogP contribution in [0.5, 0.6) is 0 Å². The Morgan fingerprint density at radius 1 is 1.24 bits per heavy atom. The van der Waals surface area contributed by atoms with Gasteiger partial charge in [-0.3, -0.25) is 4.79 Å². The van der Waals surface area contributed by atoms with Gasteiger partial charge in [0.25, 0.3) is 10.0 Å². The van der Waals surface area contributed by atoms with Crippen LogP contribution in [0.4, 0.5) is 4.39 Å². The van der Waals surface area contributed by atoms with Gasteiger partial charge >= 0.3 is 0 Å². The lowest BCUT2D eigenvalue weighted by atomic mass is 9.96. The molecule has 178 valence electrons. The lowest BCUT2D eigenvalue weighted by molar-refractivity contribution is -0.126. The van der Waals surface area contributed by atoms with Crippen molar-refractivity contribution in [2.24, 2.45) is 11.3 Å². The van der Waals surface area contributed by atoms with Crippen LogP contribution in [0.2, 0.25) is 0 Å². The molecule has 9 heteroatoms. The molecule has 33 heavy (non-hydrogen) atoms. The maximum Gasteiger partial charge on any atom is 0.274 e. The molecule has 0 aliphatic rings. The van der Waals surface area contributed by atoms with E-state index in [-0.39, 0.29) is 4.21 Å². The van der Waals surface area contributed by atoms with Crippen molar-refractivity contribution in [3.05, 3.63) is 58.7 Å². The number of hydrogen-bond donors (Lipinski definition) is 1. The third-order valence-corrected chi connectivity index (χ3v) is 8.16. The number of thiophene rings is 1. The molecule has 1 amide bonds. The summed E-state index contributed by atoms with van der Waals surface area (Å²) in [7, 11) is -4.12. The molecule has 0 saturated carbocycles. The Morgan fingerprint density at radius 3 is 2.48 bits per heavy atom. The molecule has 0 fully saturated rings. The van der Waals surface area contributed by atoms with E-state index in [1.807, 2.05) is 25.3 Å². The van der Waals surface area contributed by atoms with E-state index in [4.69, 9.17) is 0 Å². The second-order valence-corrected chi connectivity index (χ2v) is 12.6. The molecule has 0 aliphatic carbocycles. The van der Waals surface area contributed by atoms with E-state index in [2.05, 4.69) is 9.71 Å². The third-order valence-electron chi connectivity index (χ3n) is 5.14. The van der Waals surface area contributed by atoms with Crippen molar-refractivity contribution in [1.29, 1.82) is 0 Å². The highest BCUT2D eigenvalue weighted by Gasteiger charge is 2.30. The largest absolute Gasteiger partial charge is 0.331 e. The number of hydrogen-bond acceptors (Lipinski definition) is 5. The summed E-state index contributed by atoms with van der Waals surface area (Å²) in [6.07, 6.45) is 4.12. The van der Waals surface area contributed by atoms with E-state index in [0.29, 0.717) is 35.6 Å². The van der Waals surface area contributed by atoms with Gasteiger partial charge in [0.1, 0.15) is 15.9 Å². The van der Waals surface area contributed by atoms with E-state index in [0.717, 1.165) is 22.0 Å². The molecular weight excluding hydrogens is 461 g/mol. The number of carbonyl (C=O) groups excluding carboxylic acids is 1. The predicted octanol–water partition coefficient (Wildman–Crippen LogP) is 5.16. The van der Waals surface area contributed by atoms with Crippen molar-refractivity contribution in [2.45, 2.75) is 58.7 Å². The van der Waals surface area contributed by atoms with Crippen LogP contribution in [0.3, 0.4) is 0 Å². The van der Waals surface area contributed by atoms with E-state index in [1.54, 1.807) is 51.4 Å². The van der Waals surface area contributed by atoms with Crippen LogP contribution in [-0.4, -0.2) is 23.9 Å². The molecule has 2 heterocycles. The van der Waals surface area contributed by atoms with Gasteiger partial charge in [-0.25, -0.2) is 22.5 Å². The number of nitrogens with zero attached hydrogens (tertiary/aromatic N) is 2. The first-order valence-corrected chi connectivity index (χ1v) is 13.0. The number of carbonyl (C=O) groups is 1. The lowest BCUT2D eigenvalue weighted by Crippen LogP contribution is -2.38. The van der Waals surface area contributed by atoms with Gasteiger partial charge in [0, 0.05) is 33.8 Å². The van der Waals surface area contributed by atoms with Crippen LogP contribution in [-0.2, 0) is 27.8 Å². The molecular formula is C24H30FN3O3S2. The Balaban J connectivity index is 2.03. The van der Waals surface area contributed by atoms with Crippen LogP contribution < -0.4 is 4.72 Å². The Hall–Kier alpha value is -2.52. The minimum absolute atomic E-state index is 0.0216. The molecule has 0 aliphatic heterocycles. The highest BCUT2D eigenvalue weighted by atomic mass is 32.2. The summed E-state index contributed by atoms with van der Waals surface area (Å²) in [5, 5.41) is 0. The summed E-state index contributed by atoms with van der Waals surface area (Å²) >= 11 is 1.12. The summed E-state index contributed by atoms with van der Waals surface area (Å²) in [6.45, 7) is 11.2. The summed E-state index contributed by atoms with van der Waals surface area (Å²) < 4.78 is 45.4. The lowest BCUT2D eigenvalue weighted by Gasteiger charge is -2.17. The van der Waals surface area contributed by atoms with Crippen molar-refractivity contribution in [3.8, 4) is 11.1 Å². The molecule has 0 saturated heterocycles. The molecule has 6 nitrogen and oxygen atoms in total. The van der Waals surface area contributed by atoms with Crippen molar-refractivity contribution in [2.75, 3.05) is 0 Å². The van der Waals surface area contributed by atoms with Crippen molar-refractivity contribution < 1.29 is 17.6 Å². The molecule has 3 rings (SSSR count). The van der Waals surface area contributed by atoms with Crippen molar-refractivity contribution in [1.82, 2.24) is 14.3 Å². The van der Waals surface area contributed by atoms with Gasteiger partial charge in [0.15, 0.2) is 0 Å². The summed E-state index contributed by atoms with van der Waals surface area (Å²) in [5.74, 6) is 0.0649. The number of halogens is 1. The number of amides is 1. The average molecular weight is 492 g/mol. The topological polar surface area (TPSA) is 81.1 Å². The van der Waals surface area contributed by atoms with Crippen LogP contribution in [0.25, 0.3) is 11.1 Å². The number of aryl methyl sites for hydroxylation is 1. The number of rotatable bonds is 7. The standard InChI is InChI=1S/C24H30FN3O3S2/c1-15(2)11-19-13-20(22(32-19)33(30,31)27-23(29)24(4,5)6)17-7-8-18(21(25)12-17)14-28-10-9-26-16(28)3/h7-10,12-13,15H,11,14H2,1-6H3,(H,27,29). The second-order valence-electron chi connectivity index (χ2n) is 9.60. The second kappa shape index (κ2) is 9.38. The quantitative estimate of drug-likeness (QED) is 0.495. The highest BCUT2D eigenvalue weighted by Crippen LogP contribution is 2.37. The van der Waals surface area contributed by atoms with Gasteiger partial charge in [-0.15, -0.1) is 11.3 Å². The molecule has 0 unspecified atom stereocenters. The number of nitrogens with one attached hydrogen (secondary N) is 1. The Morgan fingerprint density at radius 2 is 1.94 bits per heavy atom. The molecule has 2 aromatic heterocycles. The number of sulfonamides is 1. The Labute approximate surface area is 198 Å². The minimum Gasteiger partial charge on any atom is -0.331 e. The van der Waals surface area contributed by atoms with Crippen LogP contribution in [0.1, 0.15) is 50.9 Å². The minimum atomic E-state index is -4.12. The zero-order valence-corrected chi connectivity index (χ0v) is 21.4. The predicted molar refractivity (Wildman–Crippen MR) is 129 cm³/mol. The molecule has 1 aromatic carbocycles. The summed E-state index contributed by atoms with van der Waals surface area (Å²) in [4.78, 5) is 17.4. The number of aromatic nitrogens is 2. The van der Waals surface area contributed by atoms with Gasteiger partial charge in [-0.1, -0.05) is 46.8 Å². The van der Waals surface area contributed by atoms with E-state index in [1.165, 1.54) is 6.07 Å². The molecule has 1 N–H and O–H groups in total. The smallest absolute Gasteiger partial charge is 0.274 e. The fraction of sp³-hybridized carbons (Fsp3) is 0.417. The number of benzene rings is 1. The Kier molecular flexibility index (Phi) is 7.14. The zero-order valence-electron chi connectivity index (χ0n) is 19.8. The van der Waals surface area contributed by atoms with E-state index >= 15 is 4.39 Å². The van der Waals surface area contributed by atoms with Gasteiger partial charge in [0.05, 0.1) is 6.54 Å². The van der Waals surface area contributed by atoms with E-state index in [9.17, 15) is 13.2 Å².